The molecule has 5 rings (SSSR count). The van der Waals surface area contributed by atoms with E-state index < -0.39 is 0 Å². The molecule has 1 aliphatic heterocycles. The first kappa shape index (κ1) is 25.3. The molecule has 1 saturated carbocycles. The van der Waals surface area contributed by atoms with Crippen molar-refractivity contribution in [1.29, 1.82) is 0 Å². The molecule has 0 bridgehead atoms. The van der Waals surface area contributed by atoms with Crippen LogP contribution in [-0.4, -0.2) is 17.9 Å². The largest absolute Gasteiger partial charge is 0.349 e. The normalized spacial score (nSPS) is 22.6. The minimum Gasteiger partial charge on any atom is -0.349 e. The summed E-state index contributed by atoms with van der Waals surface area (Å²) in [7, 11) is 0. The lowest BCUT2D eigenvalue weighted by molar-refractivity contribution is -0.114. The van der Waals surface area contributed by atoms with E-state index in [4.69, 9.17) is 0 Å². The van der Waals surface area contributed by atoms with Gasteiger partial charge in [-0.15, -0.1) is 0 Å². The van der Waals surface area contributed by atoms with Crippen LogP contribution in [0.15, 0.2) is 82.6 Å². The Bertz CT molecular complexity index is 1330. The predicted molar refractivity (Wildman–Crippen MR) is 153 cm³/mol. The number of fused-ring (bicyclic) bond motifs is 1. The SMILES string of the molecule is Cc1ccccc1CN1C(=O)C(=Cc2ccc(C(=O)NC3CCCC(C)C3C)cc2)Sc2ccccc21. The lowest BCUT2D eigenvalue weighted by Crippen LogP contribution is -2.43. The summed E-state index contributed by atoms with van der Waals surface area (Å²) in [4.78, 5) is 30.2. The number of nitrogens with zero attached hydrogens (tertiary/aromatic N) is 1. The standard InChI is InChI=1S/C32H34N2O2S/c1-21-10-8-12-27(23(21)3)33-31(35)25-17-15-24(16-18-25)19-30-32(36)34(20-26-11-5-4-9-22(26)2)28-13-6-7-14-29(28)37-30/h4-7,9,11,13-19,21,23,27H,8,10,12,20H2,1-3H3,(H,33,35). The highest BCUT2D eigenvalue weighted by molar-refractivity contribution is 8.04. The Hall–Kier alpha value is -3.31. The van der Waals surface area contributed by atoms with E-state index in [1.807, 2.05) is 65.6 Å². The molecule has 3 atom stereocenters. The van der Waals surface area contributed by atoms with Crippen LogP contribution in [0.1, 0.15) is 60.2 Å². The minimum atomic E-state index is -0.0217. The van der Waals surface area contributed by atoms with Crippen LogP contribution in [-0.2, 0) is 11.3 Å². The van der Waals surface area contributed by atoms with E-state index in [-0.39, 0.29) is 17.9 Å². The van der Waals surface area contributed by atoms with Crippen molar-refractivity contribution in [2.45, 2.75) is 57.5 Å². The molecule has 2 amide bonds. The summed E-state index contributed by atoms with van der Waals surface area (Å²) in [5, 5.41) is 3.25. The quantitative estimate of drug-likeness (QED) is 0.368. The van der Waals surface area contributed by atoms with E-state index in [9.17, 15) is 9.59 Å². The topological polar surface area (TPSA) is 49.4 Å². The van der Waals surface area contributed by atoms with E-state index >= 15 is 0 Å². The van der Waals surface area contributed by atoms with Gasteiger partial charge in [0.05, 0.1) is 17.1 Å². The summed E-state index contributed by atoms with van der Waals surface area (Å²) in [5.41, 5.74) is 4.80. The molecular weight excluding hydrogens is 476 g/mol. The number of amides is 2. The molecule has 1 aliphatic carbocycles. The van der Waals surface area contributed by atoms with Crippen molar-refractivity contribution in [1.82, 2.24) is 5.32 Å². The first-order valence-corrected chi connectivity index (χ1v) is 14.0. The fourth-order valence-electron chi connectivity index (χ4n) is 5.30. The average Bonchev–Trinajstić information content (AvgIpc) is 2.90. The number of carbonyl (C=O) groups excluding carboxylic acids is 2. The van der Waals surface area contributed by atoms with Crippen LogP contribution in [0, 0.1) is 18.8 Å². The smallest absolute Gasteiger partial charge is 0.265 e. The third kappa shape index (κ3) is 5.52. The molecule has 1 N–H and O–H groups in total. The van der Waals surface area contributed by atoms with Crippen LogP contribution in [0.3, 0.4) is 0 Å². The molecule has 0 radical (unpaired) electrons. The van der Waals surface area contributed by atoms with Gasteiger partial charge in [-0.2, -0.15) is 0 Å². The van der Waals surface area contributed by atoms with Gasteiger partial charge < -0.3 is 10.2 Å². The van der Waals surface area contributed by atoms with Gasteiger partial charge in [-0.3, -0.25) is 9.59 Å². The zero-order chi connectivity index (χ0) is 25.9. The van der Waals surface area contributed by atoms with E-state index in [0.717, 1.165) is 28.1 Å². The monoisotopic (exact) mass is 510 g/mol. The zero-order valence-corrected chi connectivity index (χ0v) is 22.6. The molecule has 0 spiro atoms. The van der Waals surface area contributed by atoms with Crippen LogP contribution in [0.5, 0.6) is 0 Å². The number of nitrogens with one attached hydrogen (secondary N) is 1. The van der Waals surface area contributed by atoms with Gasteiger partial charge in [-0.05, 0) is 72.2 Å². The third-order valence-corrected chi connectivity index (χ3v) is 8.99. The first-order valence-electron chi connectivity index (χ1n) is 13.2. The summed E-state index contributed by atoms with van der Waals surface area (Å²) in [5.74, 6) is 1.09. The maximum Gasteiger partial charge on any atom is 0.265 e. The summed E-state index contributed by atoms with van der Waals surface area (Å²) < 4.78 is 0. The Morgan fingerprint density at radius 2 is 1.73 bits per heavy atom. The van der Waals surface area contributed by atoms with Crippen LogP contribution in [0.25, 0.3) is 6.08 Å². The van der Waals surface area contributed by atoms with Gasteiger partial charge in [0.15, 0.2) is 0 Å². The molecule has 3 aromatic rings. The third-order valence-electron chi connectivity index (χ3n) is 7.92. The van der Waals surface area contributed by atoms with Crippen molar-refractivity contribution >= 4 is 35.3 Å². The molecule has 190 valence electrons. The van der Waals surface area contributed by atoms with Crippen LogP contribution >= 0.6 is 11.8 Å². The number of rotatable bonds is 5. The van der Waals surface area contributed by atoms with E-state index in [0.29, 0.717) is 28.8 Å². The molecular formula is C32H34N2O2S. The second-order valence-electron chi connectivity index (χ2n) is 10.4. The van der Waals surface area contributed by atoms with Crippen LogP contribution < -0.4 is 10.2 Å². The van der Waals surface area contributed by atoms with Gasteiger partial charge in [-0.1, -0.05) is 87.0 Å². The van der Waals surface area contributed by atoms with Crippen molar-refractivity contribution < 1.29 is 9.59 Å². The lowest BCUT2D eigenvalue weighted by Gasteiger charge is -2.34. The van der Waals surface area contributed by atoms with Gasteiger partial charge in [0.25, 0.3) is 11.8 Å². The van der Waals surface area contributed by atoms with E-state index in [1.165, 1.54) is 30.2 Å². The highest BCUT2D eigenvalue weighted by Gasteiger charge is 2.30. The van der Waals surface area contributed by atoms with Crippen LogP contribution in [0.2, 0.25) is 0 Å². The molecule has 2 aliphatic rings. The summed E-state index contributed by atoms with van der Waals surface area (Å²) in [6.07, 6.45) is 5.38. The van der Waals surface area contributed by atoms with Crippen LogP contribution in [0.4, 0.5) is 5.69 Å². The Kier molecular flexibility index (Phi) is 7.52. The molecule has 3 aromatic carbocycles. The summed E-state index contributed by atoms with van der Waals surface area (Å²) >= 11 is 1.50. The van der Waals surface area contributed by atoms with Crippen molar-refractivity contribution in [3.05, 3.63) is 100.0 Å². The molecule has 0 aromatic heterocycles. The van der Waals surface area contributed by atoms with Gasteiger partial charge in [-0.25, -0.2) is 0 Å². The van der Waals surface area contributed by atoms with Gasteiger partial charge in [0.1, 0.15) is 0 Å². The second kappa shape index (κ2) is 11.0. The number of hydrogen-bond donors (Lipinski definition) is 1. The summed E-state index contributed by atoms with van der Waals surface area (Å²) in [6.45, 7) is 7.12. The highest BCUT2D eigenvalue weighted by atomic mass is 32.2. The Labute approximate surface area is 224 Å². The van der Waals surface area contributed by atoms with E-state index in [2.05, 4.69) is 44.3 Å². The van der Waals surface area contributed by atoms with Gasteiger partial charge >= 0.3 is 0 Å². The fourth-order valence-corrected chi connectivity index (χ4v) is 6.36. The Balaban J connectivity index is 1.35. The first-order chi connectivity index (χ1) is 17.9. The van der Waals surface area contributed by atoms with Crippen molar-refractivity contribution in [2.24, 2.45) is 11.8 Å². The maximum absolute atomic E-state index is 13.6. The zero-order valence-electron chi connectivity index (χ0n) is 21.7. The number of hydrogen-bond acceptors (Lipinski definition) is 3. The molecule has 1 fully saturated rings. The van der Waals surface area contributed by atoms with Crippen molar-refractivity contribution in [3.63, 3.8) is 0 Å². The molecule has 37 heavy (non-hydrogen) atoms. The number of anilines is 1. The van der Waals surface area contributed by atoms with Gasteiger partial charge in [0, 0.05) is 16.5 Å². The van der Waals surface area contributed by atoms with Crippen molar-refractivity contribution in [2.75, 3.05) is 4.90 Å². The number of benzene rings is 3. The predicted octanol–water partition coefficient (Wildman–Crippen LogP) is 7.23. The molecule has 1 heterocycles. The van der Waals surface area contributed by atoms with Gasteiger partial charge in [0.2, 0.25) is 0 Å². The molecule has 5 heteroatoms. The van der Waals surface area contributed by atoms with E-state index in [1.54, 1.807) is 0 Å². The number of aryl methyl sites for hydroxylation is 1. The fraction of sp³-hybridized carbons (Fsp3) is 0.312. The summed E-state index contributed by atoms with van der Waals surface area (Å²) in [6, 6.07) is 24.0. The maximum atomic E-state index is 13.6. The number of para-hydroxylation sites is 1. The van der Waals surface area contributed by atoms with Crippen molar-refractivity contribution in [3.8, 4) is 0 Å². The molecule has 0 saturated heterocycles. The average molecular weight is 511 g/mol. The lowest BCUT2D eigenvalue weighted by atomic mass is 9.78. The molecule has 4 nitrogen and oxygen atoms in total. The minimum absolute atomic E-state index is 0.00539. The Morgan fingerprint density at radius 3 is 2.51 bits per heavy atom. The Morgan fingerprint density at radius 1 is 1.00 bits per heavy atom. The second-order valence-corrected chi connectivity index (χ2v) is 11.4. The number of thioether (sulfide) groups is 1. The highest BCUT2D eigenvalue weighted by Crippen LogP contribution is 2.42. The number of carbonyl (C=O) groups is 2. The molecule has 3 unspecified atom stereocenters.